The minimum Gasteiger partial charge on any atom is -0.335 e. The molecule has 1 aromatic heterocycles. The average Bonchev–Trinajstić information content (AvgIpc) is 3.24. The molecule has 0 saturated heterocycles. The van der Waals surface area contributed by atoms with E-state index in [2.05, 4.69) is 132 Å². The second kappa shape index (κ2) is 9.29. The highest BCUT2D eigenvalue weighted by molar-refractivity contribution is 8.12. The van der Waals surface area contributed by atoms with E-state index >= 15 is 0 Å². The van der Waals surface area contributed by atoms with Crippen molar-refractivity contribution in [2.75, 3.05) is 6.54 Å². The number of aromatic nitrogens is 1. The van der Waals surface area contributed by atoms with Gasteiger partial charge in [0.2, 0.25) is 5.69 Å². The molecule has 3 heteroatoms. The van der Waals surface area contributed by atoms with Crippen LogP contribution in [0.5, 0.6) is 0 Å². The van der Waals surface area contributed by atoms with Gasteiger partial charge in [-0.15, -0.1) is 0 Å². The standard InChI is InChI=1S/C29H25N2S/c1-2-31-27(22-23-18-20-30(21-19-23)26-16-10-5-11-17-26)32-29(25-14-8-4-9-15-25)28(31)24-12-6-3-7-13-24/h3-22H,2H2,1H3/q+1. The van der Waals surface area contributed by atoms with E-state index in [-0.39, 0.29) is 0 Å². The first-order chi connectivity index (χ1) is 15.8. The first-order valence-corrected chi connectivity index (χ1v) is 11.7. The van der Waals surface area contributed by atoms with Gasteiger partial charge in [-0.2, -0.15) is 4.57 Å². The Labute approximate surface area is 194 Å². The molecule has 2 heterocycles. The smallest absolute Gasteiger partial charge is 0.210 e. The van der Waals surface area contributed by atoms with E-state index in [0.717, 1.165) is 12.2 Å². The molecule has 1 aliphatic heterocycles. The first kappa shape index (κ1) is 20.3. The number of hydrogen-bond donors (Lipinski definition) is 0. The summed E-state index contributed by atoms with van der Waals surface area (Å²) in [4.78, 5) is 3.74. The maximum absolute atomic E-state index is 2.43. The van der Waals surface area contributed by atoms with Crippen molar-refractivity contribution in [2.45, 2.75) is 6.92 Å². The molecular weight excluding hydrogens is 408 g/mol. The maximum atomic E-state index is 2.43. The van der Waals surface area contributed by atoms with E-state index in [1.54, 1.807) is 0 Å². The lowest BCUT2D eigenvalue weighted by Gasteiger charge is -2.22. The first-order valence-electron chi connectivity index (χ1n) is 10.9. The average molecular weight is 434 g/mol. The summed E-state index contributed by atoms with van der Waals surface area (Å²) in [6.07, 6.45) is 6.55. The van der Waals surface area contributed by atoms with E-state index in [0.29, 0.717) is 0 Å². The molecule has 3 aromatic carbocycles. The lowest BCUT2D eigenvalue weighted by atomic mass is 10.1. The molecular formula is C29H25N2S+. The SMILES string of the molecule is CCN1C(c2ccccc2)=C(c2ccccc2)S/C1=C\c1cc[n+](-c2ccccc2)cc1. The lowest BCUT2D eigenvalue weighted by molar-refractivity contribution is -0.595. The number of pyridine rings is 1. The number of thioether (sulfide) groups is 1. The molecule has 0 atom stereocenters. The van der Waals surface area contributed by atoms with Gasteiger partial charge in [0.1, 0.15) is 0 Å². The Bertz CT molecular complexity index is 1250. The summed E-state index contributed by atoms with van der Waals surface area (Å²) in [7, 11) is 0. The van der Waals surface area contributed by atoms with Crippen LogP contribution >= 0.6 is 11.8 Å². The van der Waals surface area contributed by atoms with Gasteiger partial charge in [-0.3, -0.25) is 0 Å². The second-order valence-corrected chi connectivity index (χ2v) is 8.64. The van der Waals surface area contributed by atoms with Crippen LogP contribution in [0.25, 0.3) is 22.4 Å². The molecule has 0 N–H and O–H groups in total. The summed E-state index contributed by atoms with van der Waals surface area (Å²) < 4.78 is 2.14. The summed E-state index contributed by atoms with van der Waals surface area (Å²) in [5.74, 6) is 0. The minimum atomic E-state index is 0.913. The van der Waals surface area contributed by atoms with Crippen molar-refractivity contribution in [3.05, 3.63) is 137 Å². The fraction of sp³-hybridized carbons (Fsp3) is 0.0690. The highest BCUT2D eigenvalue weighted by atomic mass is 32.2. The second-order valence-electron chi connectivity index (χ2n) is 7.61. The monoisotopic (exact) mass is 433 g/mol. The Kier molecular flexibility index (Phi) is 5.91. The van der Waals surface area contributed by atoms with Crippen LogP contribution in [0, 0.1) is 0 Å². The van der Waals surface area contributed by atoms with Gasteiger partial charge in [-0.05, 0) is 29.7 Å². The zero-order chi connectivity index (χ0) is 21.8. The van der Waals surface area contributed by atoms with Crippen molar-refractivity contribution in [2.24, 2.45) is 0 Å². The van der Waals surface area contributed by atoms with Gasteiger partial charge in [-0.25, -0.2) is 0 Å². The topological polar surface area (TPSA) is 7.12 Å². The summed E-state index contributed by atoms with van der Waals surface area (Å²) in [6.45, 7) is 3.13. The van der Waals surface area contributed by atoms with Gasteiger partial charge in [0, 0.05) is 35.7 Å². The minimum absolute atomic E-state index is 0.913. The van der Waals surface area contributed by atoms with Crippen LogP contribution in [0.2, 0.25) is 0 Å². The fourth-order valence-corrected chi connectivity index (χ4v) is 5.29. The Morgan fingerprint density at radius 3 is 1.88 bits per heavy atom. The molecule has 32 heavy (non-hydrogen) atoms. The molecule has 4 aromatic rings. The number of nitrogens with zero attached hydrogens (tertiary/aromatic N) is 2. The molecule has 156 valence electrons. The largest absolute Gasteiger partial charge is 0.335 e. The molecule has 0 radical (unpaired) electrons. The molecule has 0 saturated carbocycles. The van der Waals surface area contributed by atoms with Crippen molar-refractivity contribution in [1.29, 1.82) is 0 Å². The van der Waals surface area contributed by atoms with Gasteiger partial charge in [0.05, 0.1) is 10.7 Å². The van der Waals surface area contributed by atoms with Crippen LogP contribution in [0.1, 0.15) is 23.6 Å². The third-order valence-electron chi connectivity index (χ3n) is 5.56. The Morgan fingerprint density at radius 2 is 1.28 bits per heavy atom. The highest BCUT2D eigenvalue weighted by Gasteiger charge is 2.29. The van der Waals surface area contributed by atoms with Crippen molar-refractivity contribution >= 4 is 28.4 Å². The summed E-state index contributed by atoms with van der Waals surface area (Å²) in [5, 5.41) is 1.25. The van der Waals surface area contributed by atoms with E-state index < -0.39 is 0 Å². The van der Waals surface area contributed by atoms with E-state index in [4.69, 9.17) is 0 Å². The Morgan fingerprint density at radius 1 is 0.719 bits per heavy atom. The molecule has 1 aliphatic rings. The maximum Gasteiger partial charge on any atom is 0.210 e. The van der Waals surface area contributed by atoms with E-state index in [1.807, 2.05) is 17.8 Å². The molecule has 0 unspecified atom stereocenters. The summed E-state index contributed by atoms with van der Waals surface area (Å²) >= 11 is 1.85. The van der Waals surface area contributed by atoms with Crippen molar-refractivity contribution in [3.8, 4) is 5.69 Å². The Hall–Kier alpha value is -3.56. The highest BCUT2D eigenvalue weighted by Crippen LogP contribution is 2.50. The molecule has 0 amide bonds. The van der Waals surface area contributed by atoms with Crippen LogP contribution in [0.4, 0.5) is 0 Å². The van der Waals surface area contributed by atoms with Crippen LogP contribution in [0.3, 0.4) is 0 Å². The van der Waals surface area contributed by atoms with Gasteiger partial charge in [0.25, 0.3) is 0 Å². The number of rotatable bonds is 5. The van der Waals surface area contributed by atoms with Crippen molar-refractivity contribution in [3.63, 3.8) is 0 Å². The lowest BCUT2D eigenvalue weighted by Crippen LogP contribution is -2.28. The molecule has 0 fully saturated rings. The Balaban J connectivity index is 1.53. The molecule has 5 rings (SSSR count). The van der Waals surface area contributed by atoms with E-state index in [1.165, 1.54) is 32.3 Å². The van der Waals surface area contributed by atoms with Gasteiger partial charge in [0.15, 0.2) is 12.4 Å². The zero-order valence-electron chi connectivity index (χ0n) is 18.1. The van der Waals surface area contributed by atoms with Crippen LogP contribution < -0.4 is 4.57 Å². The molecule has 0 bridgehead atoms. The predicted octanol–water partition coefficient (Wildman–Crippen LogP) is 6.86. The van der Waals surface area contributed by atoms with Crippen molar-refractivity contribution < 1.29 is 4.57 Å². The van der Waals surface area contributed by atoms with Crippen LogP contribution in [0.15, 0.2) is 121 Å². The zero-order valence-corrected chi connectivity index (χ0v) is 18.9. The summed E-state index contributed by atoms with van der Waals surface area (Å²) in [5.41, 5.74) is 6.15. The third kappa shape index (κ3) is 4.12. The number of hydrogen-bond acceptors (Lipinski definition) is 2. The molecule has 2 nitrogen and oxygen atoms in total. The van der Waals surface area contributed by atoms with Crippen LogP contribution in [-0.2, 0) is 0 Å². The number of benzene rings is 3. The number of para-hydroxylation sites is 1. The van der Waals surface area contributed by atoms with Crippen molar-refractivity contribution in [1.82, 2.24) is 4.90 Å². The fourth-order valence-electron chi connectivity index (χ4n) is 3.98. The van der Waals surface area contributed by atoms with Crippen LogP contribution in [-0.4, -0.2) is 11.4 Å². The van der Waals surface area contributed by atoms with Gasteiger partial charge < -0.3 is 4.90 Å². The summed E-state index contributed by atoms with van der Waals surface area (Å²) in [6, 6.07) is 36.2. The normalized spacial score (nSPS) is 14.9. The van der Waals surface area contributed by atoms with Gasteiger partial charge in [-0.1, -0.05) is 90.6 Å². The van der Waals surface area contributed by atoms with Gasteiger partial charge >= 0.3 is 0 Å². The quantitative estimate of drug-likeness (QED) is 0.318. The predicted molar refractivity (Wildman–Crippen MR) is 136 cm³/mol. The third-order valence-corrected chi connectivity index (χ3v) is 6.74. The van der Waals surface area contributed by atoms with E-state index in [9.17, 15) is 0 Å². The molecule has 0 spiro atoms. The molecule has 0 aliphatic carbocycles.